The van der Waals surface area contributed by atoms with Crippen LogP contribution in [-0.4, -0.2) is 20.8 Å². The molecule has 0 fully saturated rings. The third-order valence-electron chi connectivity index (χ3n) is 2.82. The van der Waals surface area contributed by atoms with E-state index in [1.807, 2.05) is 0 Å². The van der Waals surface area contributed by atoms with Gasteiger partial charge in [-0.1, -0.05) is 0 Å². The second-order valence-electron chi connectivity index (χ2n) is 3.76. The molecule has 0 aliphatic carbocycles. The summed E-state index contributed by atoms with van der Waals surface area (Å²) in [5.41, 5.74) is 2.70. The summed E-state index contributed by atoms with van der Waals surface area (Å²) in [6.07, 6.45) is 2.30. The molecule has 0 atom stereocenters. The van der Waals surface area contributed by atoms with Crippen LogP contribution in [0.15, 0.2) is 12.1 Å². The van der Waals surface area contributed by atoms with Crippen molar-refractivity contribution < 1.29 is 9.47 Å². The second kappa shape index (κ2) is 5.97. The van der Waals surface area contributed by atoms with Gasteiger partial charge in [0.1, 0.15) is 0 Å². The minimum atomic E-state index is 0. The fraction of sp³-hybridized carbons (Fsp3) is 0.500. The lowest BCUT2D eigenvalue weighted by Gasteiger charge is -2.12. The first-order valence-corrected chi connectivity index (χ1v) is 5.29. The molecule has 0 amide bonds. The topological polar surface area (TPSA) is 30.5 Å². The van der Waals surface area contributed by atoms with Gasteiger partial charge in [-0.15, -0.1) is 12.4 Å². The maximum atomic E-state index is 5.30. The highest BCUT2D eigenvalue weighted by atomic mass is 35.5. The minimum absolute atomic E-state index is 0. The Hall–Kier alpha value is -0.930. The normalized spacial score (nSPS) is 14.4. The molecule has 3 nitrogen and oxygen atoms in total. The van der Waals surface area contributed by atoms with Crippen LogP contribution in [-0.2, 0) is 13.0 Å². The highest BCUT2D eigenvalue weighted by Gasteiger charge is 2.12. The largest absolute Gasteiger partial charge is 0.493 e. The third kappa shape index (κ3) is 2.60. The Labute approximate surface area is 103 Å². The number of hydrogen-bond donors (Lipinski definition) is 1. The first kappa shape index (κ1) is 13.1. The van der Waals surface area contributed by atoms with Crippen LogP contribution in [0.4, 0.5) is 0 Å². The maximum absolute atomic E-state index is 5.30. The molecule has 0 saturated heterocycles. The van der Waals surface area contributed by atoms with Crippen molar-refractivity contribution in [3.63, 3.8) is 0 Å². The van der Waals surface area contributed by atoms with E-state index in [4.69, 9.17) is 9.47 Å². The summed E-state index contributed by atoms with van der Waals surface area (Å²) in [4.78, 5) is 0. The molecule has 0 bridgehead atoms. The SMILES string of the molecule is COc1cc2c(cc1OC)CNCCC2.Cl. The van der Waals surface area contributed by atoms with Crippen molar-refractivity contribution in [1.82, 2.24) is 5.32 Å². The van der Waals surface area contributed by atoms with E-state index in [9.17, 15) is 0 Å². The lowest BCUT2D eigenvalue weighted by Crippen LogP contribution is -2.12. The fourth-order valence-corrected chi connectivity index (χ4v) is 1.99. The van der Waals surface area contributed by atoms with Crippen molar-refractivity contribution in [3.05, 3.63) is 23.3 Å². The molecule has 1 N–H and O–H groups in total. The molecule has 90 valence electrons. The molecule has 1 aliphatic heterocycles. The number of halogens is 1. The Morgan fingerprint density at radius 3 is 2.31 bits per heavy atom. The Kier molecular flexibility index (Phi) is 4.90. The van der Waals surface area contributed by atoms with Gasteiger partial charge in [0.2, 0.25) is 0 Å². The Morgan fingerprint density at radius 1 is 1.06 bits per heavy atom. The molecule has 1 heterocycles. The smallest absolute Gasteiger partial charge is 0.161 e. The van der Waals surface area contributed by atoms with Crippen LogP contribution in [0.5, 0.6) is 11.5 Å². The summed E-state index contributed by atoms with van der Waals surface area (Å²) in [7, 11) is 3.35. The number of rotatable bonds is 2. The first-order valence-electron chi connectivity index (χ1n) is 5.29. The van der Waals surface area contributed by atoms with Gasteiger partial charge in [0.25, 0.3) is 0 Å². The van der Waals surface area contributed by atoms with Crippen molar-refractivity contribution >= 4 is 12.4 Å². The van der Waals surface area contributed by atoms with Crippen LogP contribution in [0.3, 0.4) is 0 Å². The lowest BCUT2D eigenvalue weighted by atomic mass is 10.0. The van der Waals surface area contributed by atoms with Crippen LogP contribution < -0.4 is 14.8 Å². The molecule has 0 aromatic heterocycles. The molecule has 0 saturated carbocycles. The zero-order valence-corrected chi connectivity index (χ0v) is 10.5. The number of fused-ring (bicyclic) bond motifs is 1. The molecule has 1 aliphatic rings. The average Bonchev–Trinajstić information content (AvgIpc) is 2.51. The number of methoxy groups -OCH3 is 2. The Morgan fingerprint density at radius 2 is 1.69 bits per heavy atom. The summed E-state index contributed by atoms with van der Waals surface area (Å²) < 4.78 is 10.6. The quantitative estimate of drug-likeness (QED) is 0.864. The van der Waals surface area contributed by atoms with Crippen molar-refractivity contribution in [2.24, 2.45) is 0 Å². The number of aryl methyl sites for hydroxylation is 1. The summed E-state index contributed by atoms with van der Waals surface area (Å²) in [6.45, 7) is 2.01. The van der Waals surface area contributed by atoms with Crippen LogP contribution in [0.2, 0.25) is 0 Å². The first-order chi connectivity index (χ1) is 7.35. The van der Waals surface area contributed by atoms with Crippen LogP contribution in [0.25, 0.3) is 0 Å². The van der Waals surface area contributed by atoms with Gasteiger partial charge in [0, 0.05) is 6.54 Å². The Bertz CT molecular complexity index is 322. The molecule has 1 aromatic carbocycles. The lowest BCUT2D eigenvalue weighted by molar-refractivity contribution is 0.354. The van der Waals surface area contributed by atoms with E-state index in [1.54, 1.807) is 14.2 Å². The van der Waals surface area contributed by atoms with E-state index < -0.39 is 0 Å². The van der Waals surface area contributed by atoms with E-state index in [0.29, 0.717) is 0 Å². The zero-order chi connectivity index (χ0) is 10.7. The molecule has 0 unspecified atom stereocenters. The molecule has 16 heavy (non-hydrogen) atoms. The van der Waals surface area contributed by atoms with Crippen LogP contribution in [0.1, 0.15) is 17.5 Å². The van der Waals surface area contributed by atoms with Crippen molar-refractivity contribution in [3.8, 4) is 11.5 Å². The Balaban J connectivity index is 0.00000128. The predicted octanol–water partition coefficient (Wildman–Crippen LogP) is 2.16. The van der Waals surface area contributed by atoms with Crippen molar-refractivity contribution in [2.45, 2.75) is 19.4 Å². The number of nitrogens with one attached hydrogen (secondary N) is 1. The van der Waals surface area contributed by atoms with Gasteiger partial charge in [-0.3, -0.25) is 0 Å². The summed E-state index contributed by atoms with van der Waals surface area (Å²) >= 11 is 0. The summed E-state index contributed by atoms with van der Waals surface area (Å²) in [6, 6.07) is 4.17. The second-order valence-corrected chi connectivity index (χ2v) is 3.76. The molecule has 0 spiro atoms. The standard InChI is InChI=1S/C12H17NO2.ClH/c1-14-11-6-9-4-3-5-13-8-10(9)7-12(11)15-2;/h6-7,13H,3-5,8H2,1-2H3;1H. The van der Waals surface area contributed by atoms with Gasteiger partial charge >= 0.3 is 0 Å². The van der Waals surface area contributed by atoms with E-state index in [2.05, 4.69) is 17.4 Å². The molecule has 1 aromatic rings. The molecular formula is C12H18ClNO2. The minimum Gasteiger partial charge on any atom is -0.493 e. The van der Waals surface area contributed by atoms with Crippen LogP contribution >= 0.6 is 12.4 Å². The van der Waals surface area contributed by atoms with Gasteiger partial charge in [-0.25, -0.2) is 0 Å². The number of hydrogen-bond acceptors (Lipinski definition) is 3. The molecule has 4 heteroatoms. The molecule has 0 radical (unpaired) electrons. The fourth-order valence-electron chi connectivity index (χ4n) is 1.99. The van der Waals surface area contributed by atoms with Gasteiger partial charge < -0.3 is 14.8 Å². The molecular weight excluding hydrogens is 226 g/mol. The maximum Gasteiger partial charge on any atom is 0.161 e. The van der Waals surface area contributed by atoms with Crippen LogP contribution in [0, 0.1) is 0 Å². The predicted molar refractivity (Wildman–Crippen MR) is 66.8 cm³/mol. The highest BCUT2D eigenvalue weighted by Crippen LogP contribution is 2.31. The highest BCUT2D eigenvalue weighted by molar-refractivity contribution is 5.85. The van der Waals surface area contributed by atoms with E-state index in [-0.39, 0.29) is 12.4 Å². The zero-order valence-electron chi connectivity index (χ0n) is 9.71. The third-order valence-corrected chi connectivity index (χ3v) is 2.82. The van der Waals surface area contributed by atoms with E-state index in [0.717, 1.165) is 31.0 Å². The van der Waals surface area contributed by atoms with E-state index >= 15 is 0 Å². The number of benzene rings is 1. The van der Waals surface area contributed by atoms with Gasteiger partial charge in [-0.2, -0.15) is 0 Å². The van der Waals surface area contributed by atoms with Gasteiger partial charge in [-0.05, 0) is 42.6 Å². The molecule has 2 rings (SSSR count). The van der Waals surface area contributed by atoms with Crippen molar-refractivity contribution in [2.75, 3.05) is 20.8 Å². The van der Waals surface area contributed by atoms with E-state index in [1.165, 1.54) is 17.5 Å². The van der Waals surface area contributed by atoms with Crippen molar-refractivity contribution in [1.29, 1.82) is 0 Å². The number of ether oxygens (including phenoxy) is 2. The monoisotopic (exact) mass is 243 g/mol. The van der Waals surface area contributed by atoms with Gasteiger partial charge in [0.05, 0.1) is 14.2 Å². The average molecular weight is 244 g/mol. The summed E-state index contributed by atoms with van der Waals surface area (Å²) in [5, 5.41) is 3.40. The summed E-state index contributed by atoms with van der Waals surface area (Å²) in [5.74, 6) is 1.65. The van der Waals surface area contributed by atoms with Gasteiger partial charge in [0.15, 0.2) is 11.5 Å².